The second kappa shape index (κ2) is 5.82. The van der Waals surface area contributed by atoms with Crippen LogP contribution < -0.4 is 5.73 Å². The molecule has 0 bridgehead atoms. The Morgan fingerprint density at radius 3 is 2.81 bits per heavy atom. The molecule has 0 fully saturated rings. The number of carbonyl (C=O) groups is 1. The van der Waals surface area contributed by atoms with Crippen molar-refractivity contribution in [3.63, 3.8) is 0 Å². The molecule has 1 aliphatic rings. The van der Waals surface area contributed by atoms with Gasteiger partial charge in [-0.05, 0) is 48.1 Å². The van der Waals surface area contributed by atoms with Gasteiger partial charge < -0.3 is 10.6 Å². The number of hydrogen-bond acceptors (Lipinski definition) is 3. The minimum atomic E-state index is 0.105. The van der Waals surface area contributed by atoms with E-state index in [0.29, 0.717) is 6.54 Å². The molecule has 1 amide bonds. The van der Waals surface area contributed by atoms with Gasteiger partial charge in [0, 0.05) is 23.7 Å². The number of thioether (sulfide) groups is 1. The molecular weight excluding hydrogens is 280 g/mol. The van der Waals surface area contributed by atoms with E-state index in [1.165, 1.54) is 5.56 Å². The zero-order valence-electron chi connectivity index (χ0n) is 12.0. The molecule has 2 N–H and O–H groups in total. The molecule has 0 aliphatic carbocycles. The van der Waals surface area contributed by atoms with E-state index in [9.17, 15) is 4.79 Å². The standard InChI is InChI=1S/C17H18N2OS/c1-21-16-5-3-2-4-15(16)17(20)19-9-8-12-6-7-14(18)10-13(12)11-19/h2-7,10H,8-9,11,18H2,1H3. The van der Waals surface area contributed by atoms with E-state index >= 15 is 0 Å². The smallest absolute Gasteiger partial charge is 0.255 e. The first-order valence-corrected chi connectivity index (χ1v) is 8.21. The lowest BCUT2D eigenvalue weighted by atomic mass is 9.98. The summed E-state index contributed by atoms with van der Waals surface area (Å²) < 4.78 is 0. The minimum absolute atomic E-state index is 0.105. The zero-order valence-corrected chi connectivity index (χ0v) is 12.8. The molecule has 2 aromatic carbocycles. The van der Waals surface area contributed by atoms with Crippen LogP contribution in [-0.2, 0) is 13.0 Å². The van der Waals surface area contributed by atoms with Gasteiger partial charge in [-0.3, -0.25) is 4.79 Å². The SMILES string of the molecule is CSc1ccccc1C(=O)N1CCc2ccc(N)cc2C1. The van der Waals surface area contributed by atoms with Crippen LogP contribution in [0.3, 0.4) is 0 Å². The first-order valence-electron chi connectivity index (χ1n) is 6.98. The highest BCUT2D eigenvalue weighted by Gasteiger charge is 2.23. The zero-order chi connectivity index (χ0) is 14.8. The Morgan fingerprint density at radius 1 is 1.19 bits per heavy atom. The van der Waals surface area contributed by atoms with Crippen molar-refractivity contribution in [3.05, 3.63) is 59.2 Å². The lowest BCUT2D eigenvalue weighted by Gasteiger charge is -2.29. The highest BCUT2D eigenvalue weighted by molar-refractivity contribution is 7.98. The first kappa shape index (κ1) is 14.0. The van der Waals surface area contributed by atoms with Crippen molar-refractivity contribution in [2.45, 2.75) is 17.9 Å². The molecule has 0 saturated carbocycles. The summed E-state index contributed by atoms with van der Waals surface area (Å²) in [7, 11) is 0. The Morgan fingerprint density at radius 2 is 2.00 bits per heavy atom. The molecule has 21 heavy (non-hydrogen) atoms. The number of benzene rings is 2. The van der Waals surface area contributed by atoms with Crippen LogP contribution in [0.1, 0.15) is 21.5 Å². The van der Waals surface area contributed by atoms with Crippen LogP contribution in [0.25, 0.3) is 0 Å². The lowest BCUT2D eigenvalue weighted by molar-refractivity contribution is 0.0731. The number of rotatable bonds is 2. The maximum Gasteiger partial charge on any atom is 0.255 e. The van der Waals surface area contributed by atoms with Gasteiger partial charge in [0.15, 0.2) is 0 Å². The van der Waals surface area contributed by atoms with Crippen LogP contribution in [0.15, 0.2) is 47.4 Å². The minimum Gasteiger partial charge on any atom is -0.399 e. The summed E-state index contributed by atoms with van der Waals surface area (Å²) in [4.78, 5) is 15.7. The molecular formula is C17H18N2OS. The average molecular weight is 298 g/mol. The Kier molecular flexibility index (Phi) is 3.88. The van der Waals surface area contributed by atoms with Crippen molar-refractivity contribution < 1.29 is 4.79 Å². The summed E-state index contributed by atoms with van der Waals surface area (Å²) in [5.74, 6) is 0.105. The monoisotopic (exact) mass is 298 g/mol. The van der Waals surface area contributed by atoms with Gasteiger partial charge in [-0.15, -0.1) is 11.8 Å². The van der Waals surface area contributed by atoms with E-state index in [-0.39, 0.29) is 5.91 Å². The molecule has 2 aromatic rings. The Balaban J connectivity index is 1.87. The fourth-order valence-corrected chi connectivity index (χ4v) is 3.33. The fraction of sp³-hybridized carbons (Fsp3) is 0.235. The molecule has 1 heterocycles. The lowest BCUT2D eigenvalue weighted by Crippen LogP contribution is -2.36. The first-order chi connectivity index (χ1) is 10.2. The van der Waals surface area contributed by atoms with Crippen molar-refractivity contribution in [2.24, 2.45) is 0 Å². The third kappa shape index (κ3) is 2.76. The molecule has 108 valence electrons. The van der Waals surface area contributed by atoms with Gasteiger partial charge in [0.25, 0.3) is 5.91 Å². The van der Waals surface area contributed by atoms with Gasteiger partial charge >= 0.3 is 0 Å². The van der Waals surface area contributed by atoms with Gasteiger partial charge in [0.2, 0.25) is 0 Å². The summed E-state index contributed by atoms with van der Waals surface area (Å²) in [5.41, 5.74) is 9.86. The van der Waals surface area contributed by atoms with Crippen LogP contribution in [0, 0.1) is 0 Å². The second-order valence-corrected chi connectivity index (χ2v) is 6.05. The van der Waals surface area contributed by atoms with Crippen LogP contribution in [0.5, 0.6) is 0 Å². The summed E-state index contributed by atoms with van der Waals surface area (Å²) in [6.45, 7) is 1.40. The average Bonchev–Trinajstić information content (AvgIpc) is 2.53. The van der Waals surface area contributed by atoms with Crippen molar-refractivity contribution in [2.75, 3.05) is 18.5 Å². The second-order valence-electron chi connectivity index (χ2n) is 5.21. The Hall–Kier alpha value is -1.94. The molecule has 0 atom stereocenters. The van der Waals surface area contributed by atoms with E-state index in [2.05, 4.69) is 6.07 Å². The molecule has 0 spiro atoms. The van der Waals surface area contributed by atoms with Crippen molar-refractivity contribution in [1.82, 2.24) is 4.90 Å². The molecule has 0 saturated heterocycles. The number of nitrogen functional groups attached to an aromatic ring is 1. The quantitative estimate of drug-likeness (QED) is 0.684. The number of amides is 1. The maximum atomic E-state index is 12.8. The van der Waals surface area contributed by atoms with Crippen LogP contribution in [-0.4, -0.2) is 23.6 Å². The fourth-order valence-electron chi connectivity index (χ4n) is 2.74. The van der Waals surface area contributed by atoms with Crippen LogP contribution in [0.2, 0.25) is 0 Å². The molecule has 3 rings (SSSR count). The number of nitrogens with two attached hydrogens (primary N) is 1. The van der Waals surface area contributed by atoms with E-state index in [0.717, 1.165) is 34.7 Å². The number of anilines is 1. The third-order valence-corrected chi connectivity index (χ3v) is 4.66. The van der Waals surface area contributed by atoms with Crippen LogP contribution in [0.4, 0.5) is 5.69 Å². The Bertz CT molecular complexity index is 684. The highest BCUT2D eigenvalue weighted by Crippen LogP contribution is 2.26. The topological polar surface area (TPSA) is 46.3 Å². The normalized spacial score (nSPS) is 13.9. The van der Waals surface area contributed by atoms with Gasteiger partial charge in [0.05, 0.1) is 5.56 Å². The van der Waals surface area contributed by atoms with Crippen molar-refractivity contribution in [1.29, 1.82) is 0 Å². The van der Waals surface area contributed by atoms with E-state index in [1.54, 1.807) is 11.8 Å². The number of nitrogens with zero attached hydrogens (tertiary/aromatic N) is 1. The highest BCUT2D eigenvalue weighted by atomic mass is 32.2. The maximum absolute atomic E-state index is 12.8. The third-order valence-electron chi connectivity index (χ3n) is 3.87. The van der Waals surface area contributed by atoms with Gasteiger partial charge in [-0.25, -0.2) is 0 Å². The number of carbonyl (C=O) groups excluding carboxylic acids is 1. The van der Waals surface area contributed by atoms with E-state index in [4.69, 9.17) is 5.73 Å². The molecule has 1 aliphatic heterocycles. The van der Waals surface area contributed by atoms with E-state index in [1.807, 2.05) is 47.6 Å². The van der Waals surface area contributed by atoms with E-state index < -0.39 is 0 Å². The summed E-state index contributed by atoms with van der Waals surface area (Å²) >= 11 is 1.61. The Labute approximate surface area is 129 Å². The largest absolute Gasteiger partial charge is 0.399 e. The molecule has 0 aromatic heterocycles. The number of fused-ring (bicyclic) bond motifs is 1. The van der Waals surface area contributed by atoms with Crippen LogP contribution >= 0.6 is 11.8 Å². The predicted molar refractivity (Wildman–Crippen MR) is 87.5 cm³/mol. The van der Waals surface area contributed by atoms with Gasteiger partial charge in [0.1, 0.15) is 0 Å². The molecule has 4 heteroatoms. The molecule has 0 unspecified atom stereocenters. The van der Waals surface area contributed by atoms with Crippen molar-refractivity contribution in [3.8, 4) is 0 Å². The predicted octanol–water partition coefficient (Wildman–Crippen LogP) is 3.19. The van der Waals surface area contributed by atoms with Gasteiger partial charge in [-0.1, -0.05) is 18.2 Å². The molecule has 0 radical (unpaired) electrons. The van der Waals surface area contributed by atoms with Crippen molar-refractivity contribution >= 4 is 23.4 Å². The summed E-state index contributed by atoms with van der Waals surface area (Å²) in [6, 6.07) is 13.8. The summed E-state index contributed by atoms with van der Waals surface area (Å²) in [5, 5.41) is 0. The summed E-state index contributed by atoms with van der Waals surface area (Å²) in [6.07, 6.45) is 2.89. The molecule has 3 nitrogen and oxygen atoms in total. The number of hydrogen-bond donors (Lipinski definition) is 1. The van der Waals surface area contributed by atoms with Gasteiger partial charge in [-0.2, -0.15) is 0 Å².